The monoisotopic (exact) mass is 280 g/mol. The summed E-state index contributed by atoms with van der Waals surface area (Å²) in [5, 5.41) is 2.41. The van der Waals surface area contributed by atoms with Gasteiger partial charge in [0, 0.05) is 10.8 Å². The number of fused-ring (bicyclic) bond motifs is 3. The third kappa shape index (κ3) is 2.46. The Labute approximate surface area is 127 Å². The average molecular weight is 280 g/mol. The number of hydrogen-bond acceptors (Lipinski definition) is 1. The molecule has 0 saturated carbocycles. The average Bonchev–Trinajstić information content (AvgIpc) is 2.73. The van der Waals surface area contributed by atoms with Gasteiger partial charge < -0.3 is 4.42 Å². The minimum Gasteiger partial charge on any atom is -0.456 e. The van der Waals surface area contributed by atoms with Crippen molar-refractivity contribution in [3.05, 3.63) is 47.5 Å². The van der Waals surface area contributed by atoms with E-state index in [0.29, 0.717) is 0 Å². The Hall–Kier alpha value is -1.76. The van der Waals surface area contributed by atoms with Gasteiger partial charge in [0.25, 0.3) is 0 Å². The van der Waals surface area contributed by atoms with E-state index in [1.54, 1.807) is 0 Å². The first-order valence-corrected chi connectivity index (χ1v) is 7.63. The summed E-state index contributed by atoms with van der Waals surface area (Å²) >= 11 is 0. The van der Waals surface area contributed by atoms with Crippen LogP contribution in [0.5, 0.6) is 0 Å². The minimum atomic E-state index is 0.143. The molecule has 110 valence electrons. The van der Waals surface area contributed by atoms with Gasteiger partial charge in [0.2, 0.25) is 0 Å². The second-order valence-electron chi connectivity index (χ2n) is 8.02. The molecule has 1 nitrogen and oxygen atoms in total. The second kappa shape index (κ2) is 4.37. The Morgan fingerprint density at radius 3 is 1.33 bits per heavy atom. The highest BCUT2D eigenvalue weighted by Gasteiger charge is 2.18. The molecule has 3 rings (SSSR count). The molecule has 0 aliphatic rings. The molecule has 0 amide bonds. The molecule has 0 N–H and O–H groups in total. The van der Waals surface area contributed by atoms with Crippen molar-refractivity contribution in [3.63, 3.8) is 0 Å². The Kier molecular flexibility index (Phi) is 2.95. The zero-order valence-corrected chi connectivity index (χ0v) is 13.9. The lowest BCUT2D eigenvalue weighted by atomic mass is 9.86. The van der Waals surface area contributed by atoms with Crippen molar-refractivity contribution in [1.82, 2.24) is 0 Å². The van der Waals surface area contributed by atoms with Gasteiger partial charge in [0.15, 0.2) is 0 Å². The first-order valence-electron chi connectivity index (χ1n) is 7.63. The van der Waals surface area contributed by atoms with Gasteiger partial charge in [-0.05, 0) is 34.1 Å². The van der Waals surface area contributed by atoms with Crippen LogP contribution >= 0.6 is 0 Å². The lowest BCUT2D eigenvalue weighted by Crippen LogP contribution is -2.10. The van der Waals surface area contributed by atoms with E-state index >= 15 is 0 Å². The Bertz CT molecular complexity index is 739. The van der Waals surface area contributed by atoms with Crippen molar-refractivity contribution in [2.45, 2.75) is 52.4 Å². The van der Waals surface area contributed by atoms with Crippen LogP contribution in [0.25, 0.3) is 21.9 Å². The summed E-state index contributed by atoms with van der Waals surface area (Å²) < 4.78 is 6.12. The largest absolute Gasteiger partial charge is 0.456 e. The van der Waals surface area contributed by atoms with Crippen LogP contribution in [0, 0.1) is 0 Å². The van der Waals surface area contributed by atoms with Gasteiger partial charge in [-0.25, -0.2) is 0 Å². The predicted molar refractivity (Wildman–Crippen MR) is 91.1 cm³/mol. The van der Waals surface area contributed by atoms with Crippen molar-refractivity contribution in [1.29, 1.82) is 0 Å². The molecule has 2 aromatic carbocycles. The van der Waals surface area contributed by atoms with Gasteiger partial charge >= 0.3 is 0 Å². The Morgan fingerprint density at radius 2 is 1.00 bits per heavy atom. The van der Waals surface area contributed by atoms with E-state index in [1.807, 2.05) is 0 Å². The van der Waals surface area contributed by atoms with Crippen LogP contribution in [0.1, 0.15) is 52.7 Å². The van der Waals surface area contributed by atoms with E-state index < -0.39 is 0 Å². The van der Waals surface area contributed by atoms with Gasteiger partial charge in [-0.2, -0.15) is 0 Å². The molecule has 0 aliphatic carbocycles. The molecular weight excluding hydrogens is 256 g/mol. The number of hydrogen-bond donors (Lipinski definition) is 0. The number of furan rings is 1. The lowest BCUT2D eigenvalue weighted by molar-refractivity contribution is 0.584. The second-order valence-corrected chi connectivity index (χ2v) is 8.02. The first-order chi connectivity index (χ1) is 9.66. The van der Waals surface area contributed by atoms with E-state index in [1.165, 1.54) is 21.9 Å². The standard InChI is InChI=1S/C20H24O/c1-19(2,3)13-7-9-15-16-10-8-14(20(4,5)6)12-18(16)21-17(15)11-13/h7-12H,1-6H3. The third-order valence-electron chi connectivity index (χ3n) is 4.21. The normalized spacial score (nSPS) is 13.2. The Morgan fingerprint density at radius 1 is 0.619 bits per heavy atom. The van der Waals surface area contributed by atoms with Gasteiger partial charge in [-0.1, -0.05) is 65.8 Å². The molecule has 0 atom stereocenters. The van der Waals surface area contributed by atoms with Crippen LogP contribution in [-0.2, 0) is 10.8 Å². The van der Waals surface area contributed by atoms with Crippen LogP contribution < -0.4 is 0 Å². The molecule has 1 heteroatoms. The summed E-state index contributed by atoms with van der Waals surface area (Å²) in [6, 6.07) is 13.2. The molecule has 0 aliphatic heterocycles. The van der Waals surface area contributed by atoms with Crippen LogP contribution in [0.3, 0.4) is 0 Å². The van der Waals surface area contributed by atoms with E-state index in [2.05, 4.69) is 77.9 Å². The molecule has 3 aromatic rings. The highest BCUT2D eigenvalue weighted by atomic mass is 16.3. The molecule has 0 spiro atoms. The predicted octanol–water partition coefficient (Wildman–Crippen LogP) is 6.18. The van der Waals surface area contributed by atoms with E-state index in [-0.39, 0.29) is 10.8 Å². The first kappa shape index (κ1) is 14.2. The van der Waals surface area contributed by atoms with Crippen molar-refractivity contribution >= 4 is 21.9 Å². The molecule has 0 unspecified atom stereocenters. The summed E-state index contributed by atoms with van der Waals surface area (Å²) in [7, 11) is 0. The maximum absolute atomic E-state index is 6.12. The highest BCUT2D eigenvalue weighted by molar-refractivity contribution is 6.05. The Balaban J connectivity index is 2.24. The molecular formula is C20H24O. The minimum absolute atomic E-state index is 0.143. The zero-order valence-electron chi connectivity index (χ0n) is 13.9. The maximum atomic E-state index is 6.12. The zero-order chi connectivity index (χ0) is 15.4. The van der Waals surface area contributed by atoms with Crippen molar-refractivity contribution in [3.8, 4) is 0 Å². The van der Waals surface area contributed by atoms with Crippen LogP contribution in [-0.4, -0.2) is 0 Å². The van der Waals surface area contributed by atoms with Crippen LogP contribution in [0.4, 0.5) is 0 Å². The molecule has 0 saturated heterocycles. The summed E-state index contributed by atoms with van der Waals surface area (Å²) in [5.41, 5.74) is 4.88. The van der Waals surface area contributed by atoms with Crippen molar-refractivity contribution in [2.75, 3.05) is 0 Å². The number of rotatable bonds is 0. The smallest absolute Gasteiger partial charge is 0.135 e. The van der Waals surface area contributed by atoms with E-state index in [4.69, 9.17) is 4.42 Å². The SMILES string of the molecule is CC(C)(C)c1ccc2c(c1)oc1cc(C(C)(C)C)ccc12. The van der Waals surface area contributed by atoms with Gasteiger partial charge in [-0.15, -0.1) is 0 Å². The fraction of sp³-hybridized carbons (Fsp3) is 0.400. The maximum Gasteiger partial charge on any atom is 0.135 e. The van der Waals surface area contributed by atoms with Gasteiger partial charge in [0.1, 0.15) is 11.2 Å². The lowest BCUT2D eigenvalue weighted by Gasteiger charge is -2.18. The summed E-state index contributed by atoms with van der Waals surface area (Å²) in [6.07, 6.45) is 0. The molecule has 21 heavy (non-hydrogen) atoms. The topological polar surface area (TPSA) is 13.1 Å². The number of benzene rings is 2. The van der Waals surface area contributed by atoms with E-state index in [9.17, 15) is 0 Å². The van der Waals surface area contributed by atoms with Gasteiger partial charge in [-0.3, -0.25) is 0 Å². The highest BCUT2D eigenvalue weighted by Crippen LogP contribution is 2.34. The van der Waals surface area contributed by atoms with E-state index in [0.717, 1.165) is 11.2 Å². The molecule has 1 aromatic heterocycles. The van der Waals surface area contributed by atoms with Gasteiger partial charge in [0.05, 0.1) is 0 Å². The quantitative estimate of drug-likeness (QED) is 0.479. The molecule has 0 bridgehead atoms. The van der Waals surface area contributed by atoms with Crippen LogP contribution in [0.15, 0.2) is 40.8 Å². The van der Waals surface area contributed by atoms with Crippen molar-refractivity contribution in [2.24, 2.45) is 0 Å². The molecule has 0 radical (unpaired) electrons. The van der Waals surface area contributed by atoms with Crippen molar-refractivity contribution < 1.29 is 4.42 Å². The molecule has 0 fully saturated rings. The van der Waals surface area contributed by atoms with Crippen LogP contribution in [0.2, 0.25) is 0 Å². The summed E-state index contributed by atoms with van der Waals surface area (Å²) in [4.78, 5) is 0. The fourth-order valence-corrected chi connectivity index (χ4v) is 2.71. The molecule has 1 heterocycles. The summed E-state index contributed by atoms with van der Waals surface area (Å²) in [5.74, 6) is 0. The summed E-state index contributed by atoms with van der Waals surface area (Å²) in [6.45, 7) is 13.4. The third-order valence-corrected chi connectivity index (χ3v) is 4.21. The fourth-order valence-electron chi connectivity index (χ4n) is 2.71.